The predicted molar refractivity (Wildman–Crippen MR) is 55.6 cm³/mol. The number of carbonyl (C=O) groups excluding carboxylic acids is 1. The summed E-state index contributed by atoms with van der Waals surface area (Å²) in [6, 6.07) is 1.76. The maximum atomic E-state index is 11.3. The van der Waals surface area contributed by atoms with Crippen LogP contribution < -0.4 is 5.73 Å². The van der Waals surface area contributed by atoms with Crippen molar-refractivity contribution < 1.29 is 4.79 Å². The van der Waals surface area contributed by atoms with Crippen molar-refractivity contribution in [3.8, 4) is 0 Å². The van der Waals surface area contributed by atoms with Gasteiger partial charge in [0, 0.05) is 12.4 Å². The highest BCUT2D eigenvalue weighted by Crippen LogP contribution is 2.20. The summed E-state index contributed by atoms with van der Waals surface area (Å²) < 4.78 is 1.58. The van der Waals surface area contributed by atoms with Gasteiger partial charge in [0.25, 0.3) is 5.91 Å². The van der Waals surface area contributed by atoms with Gasteiger partial charge in [-0.3, -0.25) is 4.79 Å². The largest absolute Gasteiger partial charge is 0.365 e. The molecule has 78 valence electrons. The molecule has 0 unspecified atom stereocenters. The lowest BCUT2D eigenvalue weighted by molar-refractivity contribution is 0.100. The molecule has 0 saturated heterocycles. The Labute approximate surface area is 86.9 Å². The number of nitrogens with zero attached hydrogens (tertiary/aromatic N) is 3. The molecule has 1 amide bonds. The first-order valence-corrected chi connectivity index (χ1v) is 4.74. The van der Waals surface area contributed by atoms with Gasteiger partial charge in [0.2, 0.25) is 0 Å². The molecular formula is C10H12N4O. The van der Waals surface area contributed by atoms with E-state index in [0.717, 1.165) is 0 Å². The number of amides is 1. The van der Waals surface area contributed by atoms with Gasteiger partial charge in [-0.2, -0.15) is 5.10 Å². The number of rotatable bonds is 2. The molecule has 0 aliphatic rings. The summed E-state index contributed by atoms with van der Waals surface area (Å²) in [6.45, 7) is 3.93. The maximum absolute atomic E-state index is 11.3. The first-order chi connectivity index (χ1) is 7.11. The lowest BCUT2D eigenvalue weighted by Gasteiger charge is -2.00. The maximum Gasteiger partial charge on any atom is 0.254 e. The predicted octanol–water partition coefficient (Wildman–Crippen LogP) is 0.952. The van der Waals surface area contributed by atoms with Crippen LogP contribution in [0.15, 0.2) is 18.5 Å². The number of nitrogens with two attached hydrogens (primary N) is 1. The van der Waals surface area contributed by atoms with Crippen LogP contribution >= 0.6 is 0 Å². The van der Waals surface area contributed by atoms with E-state index in [1.165, 1.54) is 0 Å². The molecule has 5 nitrogen and oxygen atoms in total. The number of aromatic nitrogens is 3. The molecule has 0 aliphatic carbocycles. The summed E-state index contributed by atoms with van der Waals surface area (Å²) >= 11 is 0. The fourth-order valence-electron chi connectivity index (χ4n) is 1.54. The Balaban J connectivity index is 2.80. The molecule has 0 saturated carbocycles. The summed E-state index contributed by atoms with van der Waals surface area (Å²) in [7, 11) is 0. The van der Waals surface area contributed by atoms with Crippen LogP contribution in [0.2, 0.25) is 0 Å². The molecule has 0 atom stereocenters. The molecular weight excluding hydrogens is 192 g/mol. The number of carbonyl (C=O) groups is 1. The topological polar surface area (TPSA) is 73.3 Å². The molecule has 2 heterocycles. The van der Waals surface area contributed by atoms with E-state index in [2.05, 4.69) is 10.1 Å². The van der Waals surface area contributed by atoms with Crippen LogP contribution in [0, 0.1) is 0 Å². The van der Waals surface area contributed by atoms with Crippen LogP contribution in [-0.4, -0.2) is 20.5 Å². The molecule has 5 heteroatoms. The lowest BCUT2D eigenvalue weighted by atomic mass is 10.1. The van der Waals surface area contributed by atoms with Crippen LogP contribution in [0.1, 0.15) is 35.8 Å². The smallest absolute Gasteiger partial charge is 0.254 e. The van der Waals surface area contributed by atoms with Crippen molar-refractivity contribution in [1.82, 2.24) is 14.6 Å². The highest BCUT2D eigenvalue weighted by molar-refractivity contribution is 6.00. The van der Waals surface area contributed by atoms with Gasteiger partial charge >= 0.3 is 0 Å². The van der Waals surface area contributed by atoms with E-state index in [9.17, 15) is 4.79 Å². The van der Waals surface area contributed by atoms with Crippen LogP contribution in [0.4, 0.5) is 0 Å². The SMILES string of the molecule is CC(C)c1nn2cccnc2c1C(N)=O. The number of fused-ring (bicyclic) bond motifs is 1. The monoisotopic (exact) mass is 204 g/mol. The molecule has 0 bridgehead atoms. The molecule has 15 heavy (non-hydrogen) atoms. The van der Waals surface area contributed by atoms with E-state index in [4.69, 9.17) is 5.73 Å². The van der Waals surface area contributed by atoms with Gasteiger partial charge in [-0.1, -0.05) is 13.8 Å². The molecule has 2 aromatic heterocycles. The average molecular weight is 204 g/mol. The fourth-order valence-corrected chi connectivity index (χ4v) is 1.54. The van der Waals surface area contributed by atoms with Gasteiger partial charge in [0.05, 0.1) is 5.69 Å². The minimum absolute atomic E-state index is 0.147. The molecule has 0 aromatic carbocycles. The average Bonchev–Trinajstić information content (AvgIpc) is 2.56. The van der Waals surface area contributed by atoms with Crippen molar-refractivity contribution in [3.05, 3.63) is 29.7 Å². The van der Waals surface area contributed by atoms with Crippen molar-refractivity contribution in [2.75, 3.05) is 0 Å². The first kappa shape index (κ1) is 9.64. The Morgan fingerprint density at radius 1 is 1.53 bits per heavy atom. The molecule has 0 aliphatic heterocycles. The Bertz CT molecular complexity index is 515. The molecule has 0 radical (unpaired) electrons. The Hall–Kier alpha value is -1.91. The summed E-state index contributed by atoms with van der Waals surface area (Å²) in [5.74, 6) is -0.332. The van der Waals surface area contributed by atoms with Crippen molar-refractivity contribution >= 4 is 11.6 Å². The van der Waals surface area contributed by atoms with E-state index < -0.39 is 5.91 Å². The Kier molecular flexibility index (Phi) is 2.15. The zero-order valence-electron chi connectivity index (χ0n) is 8.64. The normalized spacial score (nSPS) is 11.1. The summed E-state index contributed by atoms with van der Waals surface area (Å²) in [5, 5.41) is 4.29. The molecule has 2 N–H and O–H groups in total. The van der Waals surface area contributed by atoms with Crippen LogP contribution in [0.3, 0.4) is 0 Å². The Morgan fingerprint density at radius 3 is 2.87 bits per heavy atom. The van der Waals surface area contributed by atoms with Crippen molar-refractivity contribution in [1.29, 1.82) is 0 Å². The fraction of sp³-hybridized carbons (Fsp3) is 0.300. The molecule has 2 rings (SSSR count). The second kappa shape index (κ2) is 3.34. The highest BCUT2D eigenvalue weighted by Gasteiger charge is 2.20. The zero-order valence-corrected chi connectivity index (χ0v) is 8.64. The summed E-state index contributed by atoms with van der Waals surface area (Å²) in [4.78, 5) is 15.4. The summed E-state index contributed by atoms with van der Waals surface area (Å²) in [6.07, 6.45) is 3.37. The number of hydrogen-bond donors (Lipinski definition) is 1. The van der Waals surface area contributed by atoms with E-state index in [1.807, 2.05) is 13.8 Å². The third-order valence-corrected chi connectivity index (χ3v) is 2.22. The van der Waals surface area contributed by atoms with Gasteiger partial charge in [-0.25, -0.2) is 9.50 Å². The van der Waals surface area contributed by atoms with Gasteiger partial charge in [0.1, 0.15) is 5.56 Å². The van der Waals surface area contributed by atoms with Crippen LogP contribution in [0.5, 0.6) is 0 Å². The third kappa shape index (κ3) is 1.45. The quantitative estimate of drug-likeness (QED) is 0.791. The van der Waals surface area contributed by atoms with Crippen molar-refractivity contribution in [3.63, 3.8) is 0 Å². The number of hydrogen-bond acceptors (Lipinski definition) is 3. The standard InChI is InChI=1S/C10H12N4O/c1-6(2)8-7(9(11)15)10-12-4-3-5-14(10)13-8/h3-6H,1-2H3,(H2,11,15). The van der Waals surface area contributed by atoms with Gasteiger partial charge in [-0.15, -0.1) is 0 Å². The van der Waals surface area contributed by atoms with Gasteiger partial charge in [-0.05, 0) is 12.0 Å². The van der Waals surface area contributed by atoms with Crippen LogP contribution in [0.25, 0.3) is 5.65 Å². The van der Waals surface area contributed by atoms with E-state index >= 15 is 0 Å². The van der Waals surface area contributed by atoms with E-state index in [1.54, 1.807) is 23.0 Å². The van der Waals surface area contributed by atoms with E-state index in [0.29, 0.717) is 16.9 Å². The van der Waals surface area contributed by atoms with Crippen molar-refractivity contribution in [2.24, 2.45) is 5.73 Å². The zero-order chi connectivity index (χ0) is 11.0. The lowest BCUT2D eigenvalue weighted by Crippen LogP contribution is -2.13. The van der Waals surface area contributed by atoms with Gasteiger partial charge in [0.15, 0.2) is 5.65 Å². The molecule has 0 spiro atoms. The minimum atomic E-state index is -0.479. The van der Waals surface area contributed by atoms with E-state index in [-0.39, 0.29) is 5.92 Å². The second-order valence-electron chi connectivity index (χ2n) is 3.67. The second-order valence-corrected chi connectivity index (χ2v) is 3.67. The number of primary amides is 1. The minimum Gasteiger partial charge on any atom is -0.365 e. The molecule has 2 aromatic rings. The Morgan fingerprint density at radius 2 is 2.27 bits per heavy atom. The first-order valence-electron chi connectivity index (χ1n) is 4.74. The van der Waals surface area contributed by atoms with Gasteiger partial charge < -0.3 is 5.73 Å². The molecule has 0 fully saturated rings. The summed E-state index contributed by atoms with van der Waals surface area (Å²) in [5.41, 5.74) is 6.97. The highest BCUT2D eigenvalue weighted by atomic mass is 16.1. The van der Waals surface area contributed by atoms with Crippen LogP contribution in [-0.2, 0) is 0 Å². The third-order valence-electron chi connectivity index (χ3n) is 2.22. The van der Waals surface area contributed by atoms with Crippen molar-refractivity contribution in [2.45, 2.75) is 19.8 Å².